The van der Waals surface area contributed by atoms with E-state index in [4.69, 9.17) is 24.1 Å². The van der Waals surface area contributed by atoms with E-state index in [0.717, 1.165) is 5.56 Å². The van der Waals surface area contributed by atoms with Crippen molar-refractivity contribution in [1.29, 1.82) is 0 Å². The van der Waals surface area contributed by atoms with Gasteiger partial charge in [-0.15, -0.1) is 0 Å². The Bertz CT molecular complexity index is 666. The number of aliphatic carboxylic acids is 1. The summed E-state index contributed by atoms with van der Waals surface area (Å²) in [5.74, 6) is -2.66. The van der Waals surface area contributed by atoms with Crippen molar-refractivity contribution in [3.8, 4) is 0 Å². The Morgan fingerprint density at radius 1 is 1.22 bits per heavy atom. The van der Waals surface area contributed by atoms with E-state index in [0.29, 0.717) is 6.61 Å². The third-order valence-electron chi connectivity index (χ3n) is 3.86. The van der Waals surface area contributed by atoms with E-state index in [9.17, 15) is 9.59 Å². The monoisotopic (exact) mass is 378 g/mol. The minimum Gasteiger partial charge on any atom is -0.481 e. The maximum absolute atomic E-state index is 12.1. The zero-order chi connectivity index (χ0) is 19.9. The highest BCUT2D eigenvalue weighted by Gasteiger charge is 2.41. The largest absolute Gasteiger partial charge is 0.481 e. The third kappa shape index (κ3) is 6.78. The molecule has 1 aliphatic rings. The number of carboxylic acids is 1. The fraction of sp³-hybridized carbons (Fsp3) is 0.500. The lowest BCUT2D eigenvalue weighted by molar-refractivity contribution is -0.149. The average Bonchev–Trinajstić information content (AvgIpc) is 2.88. The molecule has 148 valence electrons. The number of hydrogen-bond acceptors (Lipinski definition) is 6. The van der Waals surface area contributed by atoms with Gasteiger partial charge in [0.1, 0.15) is 12.2 Å². The Kier molecular flexibility index (Phi) is 7.53. The molecule has 1 heterocycles. The van der Waals surface area contributed by atoms with Gasteiger partial charge in [0.15, 0.2) is 5.79 Å². The van der Waals surface area contributed by atoms with Crippen molar-refractivity contribution in [3.05, 3.63) is 47.5 Å². The van der Waals surface area contributed by atoms with Crippen molar-refractivity contribution in [2.75, 3.05) is 13.2 Å². The Balaban J connectivity index is 2.07. The first-order valence-electron chi connectivity index (χ1n) is 8.87. The molecule has 0 bridgehead atoms. The Labute approximate surface area is 158 Å². The summed E-state index contributed by atoms with van der Waals surface area (Å²) in [6.45, 7) is 5.99. The smallest absolute Gasteiger partial charge is 0.334 e. The van der Waals surface area contributed by atoms with Crippen LogP contribution in [-0.4, -0.2) is 48.3 Å². The lowest BCUT2D eigenvalue weighted by Gasteiger charge is -2.16. The van der Waals surface area contributed by atoms with Gasteiger partial charge in [0.05, 0.1) is 26.2 Å². The summed E-state index contributed by atoms with van der Waals surface area (Å²) in [6.07, 6.45) is -0.0647. The number of rotatable bonds is 9. The fourth-order valence-electron chi connectivity index (χ4n) is 2.78. The van der Waals surface area contributed by atoms with Gasteiger partial charge in [-0.1, -0.05) is 30.3 Å². The van der Waals surface area contributed by atoms with Crippen LogP contribution in [0, 0.1) is 0 Å². The maximum Gasteiger partial charge on any atom is 0.334 e. The summed E-state index contributed by atoms with van der Waals surface area (Å²) >= 11 is 0. The quantitative estimate of drug-likeness (QED) is 0.522. The maximum atomic E-state index is 12.1. The van der Waals surface area contributed by atoms with Crippen molar-refractivity contribution in [2.45, 2.75) is 51.8 Å². The van der Waals surface area contributed by atoms with Crippen LogP contribution in [0.4, 0.5) is 0 Å². The second kappa shape index (κ2) is 9.64. The number of carboxylic acid groups (broad SMARTS) is 1. The van der Waals surface area contributed by atoms with Crippen LogP contribution in [0.2, 0.25) is 0 Å². The number of carbonyl (C=O) groups excluding carboxylic acids is 1. The van der Waals surface area contributed by atoms with Gasteiger partial charge in [0.25, 0.3) is 0 Å². The molecular formula is C20H26O7. The molecule has 0 aromatic heterocycles. The molecule has 1 fully saturated rings. The summed E-state index contributed by atoms with van der Waals surface area (Å²) in [5.41, 5.74) is 1.06. The standard InChI is InChI=1S/C20H26O7/c1-4-25-19(23)15(11-18(21)22)10-16-17(27-20(2,3)26-16)13-24-12-14-8-6-5-7-9-14/h5-10,16-17H,4,11-13H2,1-3H3,(H,21,22)/b15-10+/t16-,17-/m0/s1. The summed E-state index contributed by atoms with van der Waals surface area (Å²) < 4.78 is 22.4. The van der Waals surface area contributed by atoms with Crippen molar-refractivity contribution in [1.82, 2.24) is 0 Å². The lowest BCUT2D eigenvalue weighted by Crippen LogP contribution is -2.27. The van der Waals surface area contributed by atoms with Gasteiger partial charge in [0, 0.05) is 5.57 Å². The number of carbonyl (C=O) groups is 2. The van der Waals surface area contributed by atoms with E-state index in [2.05, 4.69) is 0 Å². The molecule has 0 amide bonds. The Morgan fingerprint density at radius 3 is 2.56 bits per heavy atom. The first-order chi connectivity index (χ1) is 12.8. The highest BCUT2D eigenvalue weighted by molar-refractivity contribution is 5.93. The van der Waals surface area contributed by atoms with E-state index in [1.807, 2.05) is 30.3 Å². The molecule has 2 atom stereocenters. The van der Waals surface area contributed by atoms with Crippen LogP contribution in [0.1, 0.15) is 32.8 Å². The average molecular weight is 378 g/mol. The number of esters is 1. The molecule has 1 saturated heterocycles. The molecule has 7 heteroatoms. The van der Waals surface area contributed by atoms with Crippen LogP contribution in [0.25, 0.3) is 0 Å². The molecule has 0 unspecified atom stereocenters. The molecule has 1 N–H and O–H groups in total. The van der Waals surface area contributed by atoms with Crippen molar-refractivity contribution in [2.24, 2.45) is 0 Å². The molecule has 0 spiro atoms. The molecule has 1 aromatic rings. The second-order valence-corrected chi connectivity index (χ2v) is 6.62. The van der Waals surface area contributed by atoms with E-state index < -0.39 is 36.4 Å². The zero-order valence-corrected chi connectivity index (χ0v) is 15.8. The summed E-state index contributed by atoms with van der Waals surface area (Å²) in [6, 6.07) is 9.71. The number of ether oxygens (including phenoxy) is 4. The minimum atomic E-state index is -1.12. The lowest BCUT2D eigenvalue weighted by atomic mass is 10.1. The minimum absolute atomic E-state index is 0.0312. The molecule has 27 heavy (non-hydrogen) atoms. The highest BCUT2D eigenvalue weighted by atomic mass is 16.8. The van der Waals surface area contributed by atoms with Crippen LogP contribution in [0.15, 0.2) is 42.0 Å². The van der Waals surface area contributed by atoms with Gasteiger partial charge in [-0.05, 0) is 32.4 Å². The molecular weight excluding hydrogens is 352 g/mol. The van der Waals surface area contributed by atoms with Crippen molar-refractivity contribution in [3.63, 3.8) is 0 Å². The Hall–Kier alpha value is -2.22. The van der Waals surface area contributed by atoms with Crippen LogP contribution in [0.3, 0.4) is 0 Å². The van der Waals surface area contributed by atoms with Gasteiger partial charge < -0.3 is 24.1 Å². The Morgan fingerprint density at radius 2 is 1.93 bits per heavy atom. The molecule has 0 saturated carbocycles. The first-order valence-corrected chi connectivity index (χ1v) is 8.87. The molecule has 2 rings (SSSR count). The highest BCUT2D eigenvalue weighted by Crippen LogP contribution is 2.30. The summed E-state index contributed by atoms with van der Waals surface area (Å²) in [4.78, 5) is 23.1. The fourth-order valence-corrected chi connectivity index (χ4v) is 2.78. The zero-order valence-electron chi connectivity index (χ0n) is 15.8. The van der Waals surface area contributed by atoms with Gasteiger partial charge in [-0.2, -0.15) is 0 Å². The molecule has 7 nitrogen and oxygen atoms in total. The normalized spacial score (nSPS) is 21.8. The number of benzene rings is 1. The van der Waals surface area contributed by atoms with Crippen LogP contribution in [-0.2, 0) is 35.1 Å². The predicted octanol–water partition coefficient (Wildman–Crippen LogP) is 2.69. The topological polar surface area (TPSA) is 91.3 Å². The van der Waals surface area contributed by atoms with Crippen LogP contribution >= 0.6 is 0 Å². The number of hydrogen-bond donors (Lipinski definition) is 1. The summed E-state index contributed by atoms with van der Waals surface area (Å²) in [7, 11) is 0. The molecule has 0 radical (unpaired) electrons. The predicted molar refractivity (Wildman–Crippen MR) is 96.9 cm³/mol. The van der Waals surface area contributed by atoms with Crippen molar-refractivity contribution < 1.29 is 33.6 Å². The molecule has 1 aliphatic heterocycles. The van der Waals surface area contributed by atoms with Crippen molar-refractivity contribution >= 4 is 11.9 Å². The van der Waals surface area contributed by atoms with Gasteiger partial charge >= 0.3 is 11.9 Å². The summed E-state index contributed by atoms with van der Waals surface area (Å²) in [5, 5.41) is 9.07. The van der Waals surface area contributed by atoms with Crippen LogP contribution in [0.5, 0.6) is 0 Å². The third-order valence-corrected chi connectivity index (χ3v) is 3.86. The van der Waals surface area contributed by atoms with E-state index in [-0.39, 0.29) is 18.8 Å². The van der Waals surface area contributed by atoms with E-state index in [1.54, 1.807) is 20.8 Å². The van der Waals surface area contributed by atoms with Gasteiger partial charge in [-0.25, -0.2) is 4.79 Å². The van der Waals surface area contributed by atoms with Crippen LogP contribution < -0.4 is 0 Å². The second-order valence-electron chi connectivity index (χ2n) is 6.62. The first kappa shape index (κ1) is 21.1. The molecule has 0 aliphatic carbocycles. The van der Waals surface area contributed by atoms with E-state index >= 15 is 0 Å². The van der Waals surface area contributed by atoms with E-state index in [1.165, 1.54) is 6.08 Å². The van der Waals surface area contributed by atoms with Gasteiger partial charge in [-0.3, -0.25) is 4.79 Å². The molecule has 1 aromatic carbocycles. The SMILES string of the molecule is CCOC(=O)/C(=C/[C@@H]1OC(C)(C)O[C@H]1COCc1ccccc1)CC(=O)O. The van der Waals surface area contributed by atoms with Gasteiger partial charge in [0.2, 0.25) is 0 Å².